The van der Waals surface area contributed by atoms with Crippen LogP contribution in [0.25, 0.3) is 0 Å². The number of amides is 1. The maximum atomic E-state index is 12.6. The maximum absolute atomic E-state index is 12.6. The summed E-state index contributed by atoms with van der Waals surface area (Å²) in [5.74, 6) is -1.36. The molecule has 1 N–H and O–H groups in total. The Morgan fingerprint density at radius 1 is 1.38 bits per heavy atom. The van der Waals surface area contributed by atoms with Gasteiger partial charge in [0.2, 0.25) is 5.78 Å². The summed E-state index contributed by atoms with van der Waals surface area (Å²) in [6, 6.07) is 6.34. The number of aromatic nitrogens is 1. The third-order valence-electron chi connectivity index (χ3n) is 3.43. The second-order valence-corrected chi connectivity index (χ2v) is 5.62. The monoisotopic (exact) mass is 300 g/mol. The van der Waals surface area contributed by atoms with Gasteiger partial charge < -0.3 is 10.0 Å². The molecule has 5 nitrogen and oxygen atoms in total. The van der Waals surface area contributed by atoms with Crippen molar-refractivity contribution in [1.29, 1.82) is 0 Å². The molecule has 1 amide bonds. The van der Waals surface area contributed by atoms with Gasteiger partial charge in [-0.25, -0.2) is 0 Å². The number of aliphatic hydroxyl groups is 1. The van der Waals surface area contributed by atoms with Crippen LogP contribution in [0.15, 0.2) is 53.4 Å². The second-order valence-electron chi connectivity index (χ2n) is 4.67. The molecule has 1 atom stereocenters. The quantitative estimate of drug-likeness (QED) is 0.883. The zero-order chi connectivity index (χ0) is 15.0. The van der Waals surface area contributed by atoms with Gasteiger partial charge in [-0.3, -0.25) is 14.6 Å². The number of rotatable bonds is 3. The van der Waals surface area contributed by atoms with E-state index in [-0.39, 0.29) is 11.4 Å². The van der Waals surface area contributed by atoms with Crippen LogP contribution in [-0.4, -0.2) is 33.7 Å². The summed E-state index contributed by atoms with van der Waals surface area (Å²) in [4.78, 5) is 30.5. The number of Topliss-reactive ketones (excluding diaryl/α,β-unsaturated/α-hetero) is 1. The fraction of sp³-hybridized carbons (Fsp3) is 0.133. The first kappa shape index (κ1) is 13.5. The van der Waals surface area contributed by atoms with Crippen molar-refractivity contribution < 1.29 is 14.7 Å². The van der Waals surface area contributed by atoms with E-state index in [2.05, 4.69) is 4.98 Å². The van der Waals surface area contributed by atoms with E-state index in [1.807, 2.05) is 0 Å². The first-order chi connectivity index (χ1) is 10.1. The number of carbonyl (C=O) groups excluding carboxylic acids is 2. The Morgan fingerprint density at radius 3 is 2.81 bits per heavy atom. The molecule has 2 aromatic heterocycles. The van der Waals surface area contributed by atoms with Crippen molar-refractivity contribution in [3.8, 4) is 0 Å². The van der Waals surface area contributed by atoms with Gasteiger partial charge in [-0.05, 0) is 23.1 Å². The lowest BCUT2D eigenvalue weighted by Crippen LogP contribution is -2.26. The van der Waals surface area contributed by atoms with Crippen molar-refractivity contribution in [2.75, 3.05) is 7.05 Å². The van der Waals surface area contributed by atoms with E-state index >= 15 is 0 Å². The largest absolute Gasteiger partial charge is 0.503 e. The number of hydrogen-bond donors (Lipinski definition) is 1. The minimum Gasteiger partial charge on any atom is -0.503 e. The molecule has 1 aliphatic rings. The molecule has 0 bridgehead atoms. The molecular formula is C15H12N2O3S. The Hall–Kier alpha value is -2.47. The van der Waals surface area contributed by atoms with Crippen LogP contribution >= 0.6 is 11.3 Å². The Bertz CT molecular complexity index is 723. The van der Waals surface area contributed by atoms with E-state index in [1.54, 1.807) is 49.1 Å². The van der Waals surface area contributed by atoms with Crippen LogP contribution in [-0.2, 0) is 4.79 Å². The molecule has 0 aromatic carbocycles. The average Bonchev–Trinajstić information content (AvgIpc) is 3.11. The summed E-state index contributed by atoms with van der Waals surface area (Å²) < 4.78 is 0. The SMILES string of the molecule is CN1C(=O)C(O)=C(C(=O)c2cccs2)C1c1cccnc1. The summed E-state index contributed by atoms with van der Waals surface area (Å²) in [5.41, 5.74) is 0.801. The molecular weight excluding hydrogens is 288 g/mol. The molecule has 1 aliphatic heterocycles. The summed E-state index contributed by atoms with van der Waals surface area (Å²) in [7, 11) is 1.56. The van der Waals surface area contributed by atoms with E-state index < -0.39 is 17.7 Å². The van der Waals surface area contributed by atoms with Crippen LogP contribution in [0, 0.1) is 0 Å². The van der Waals surface area contributed by atoms with Crippen LogP contribution in [0.5, 0.6) is 0 Å². The molecule has 0 saturated heterocycles. The molecule has 3 heterocycles. The molecule has 0 aliphatic carbocycles. The number of pyridine rings is 1. The minimum atomic E-state index is -0.610. The summed E-state index contributed by atoms with van der Waals surface area (Å²) in [6.07, 6.45) is 3.21. The van der Waals surface area contributed by atoms with E-state index in [9.17, 15) is 14.7 Å². The second kappa shape index (κ2) is 5.14. The van der Waals surface area contributed by atoms with Crippen molar-refractivity contribution in [3.05, 3.63) is 63.8 Å². The molecule has 6 heteroatoms. The standard InChI is InChI=1S/C15H12N2O3S/c1-17-12(9-4-2-6-16-8-9)11(14(19)15(17)20)13(18)10-5-3-7-21-10/h2-8,12,19H,1H3. The number of ketones is 1. The smallest absolute Gasteiger partial charge is 0.289 e. The third kappa shape index (κ3) is 2.13. The molecule has 106 valence electrons. The van der Waals surface area contributed by atoms with Gasteiger partial charge in [0.25, 0.3) is 5.91 Å². The molecule has 0 spiro atoms. The van der Waals surface area contributed by atoms with E-state index in [4.69, 9.17) is 0 Å². The van der Waals surface area contributed by atoms with Crippen LogP contribution in [0.4, 0.5) is 0 Å². The highest BCUT2D eigenvalue weighted by atomic mass is 32.1. The van der Waals surface area contributed by atoms with Gasteiger partial charge in [0, 0.05) is 19.4 Å². The predicted octanol–water partition coefficient (Wildman–Crippen LogP) is 2.35. The van der Waals surface area contributed by atoms with E-state index in [0.717, 1.165) is 0 Å². The van der Waals surface area contributed by atoms with Gasteiger partial charge in [-0.1, -0.05) is 12.1 Å². The third-order valence-corrected chi connectivity index (χ3v) is 4.30. The lowest BCUT2D eigenvalue weighted by Gasteiger charge is -2.21. The Kier molecular flexibility index (Phi) is 3.31. The van der Waals surface area contributed by atoms with Crippen LogP contribution in [0.3, 0.4) is 0 Å². The van der Waals surface area contributed by atoms with Crippen LogP contribution < -0.4 is 0 Å². The molecule has 0 fully saturated rings. The van der Waals surface area contributed by atoms with Gasteiger partial charge in [0.15, 0.2) is 5.76 Å². The van der Waals surface area contributed by atoms with Gasteiger partial charge >= 0.3 is 0 Å². The fourth-order valence-corrected chi connectivity index (χ4v) is 3.10. The molecule has 1 unspecified atom stereocenters. The normalized spacial score (nSPS) is 18.4. The van der Waals surface area contributed by atoms with E-state index in [0.29, 0.717) is 10.4 Å². The number of aliphatic hydroxyl groups excluding tert-OH is 1. The van der Waals surface area contributed by atoms with Crippen molar-refractivity contribution in [1.82, 2.24) is 9.88 Å². The first-order valence-electron chi connectivity index (χ1n) is 6.29. The number of nitrogens with zero attached hydrogens (tertiary/aromatic N) is 2. The number of thiophene rings is 1. The van der Waals surface area contributed by atoms with Crippen molar-refractivity contribution in [3.63, 3.8) is 0 Å². The zero-order valence-corrected chi connectivity index (χ0v) is 12.0. The van der Waals surface area contributed by atoms with Crippen molar-refractivity contribution >= 4 is 23.0 Å². The number of carbonyl (C=O) groups is 2. The van der Waals surface area contributed by atoms with Crippen molar-refractivity contribution in [2.45, 2.75) is 6.04 Å². The van der Waals surface area contributed by atoms with E-state index in [1.165, 1.54) is 16.2 Å². The average molecular weight is 300 g/mol. The topological polar surface area (TPSA) is 70.5 Å². The molecule has 0 radical (unpaired) electrons. The minimum absolute atomic E-state index is 0.109. The lowest BCUT2D eigenvalue weighted by molar-refractivity contribution is -0.128. The molecule has 21 heavy (non-hydrogen) atoms. The van der Waals surface area contributed by atoms with Crippen LogP contribution in [0.1, 0.15) is 21.3 Å². The maximum Gasteiger partial charge on any atom is 0.289 e. The van der Waals surface area contributed by atoms with Crippen molar-refractivity contribution in [2.24, 2.45) is 0 Å². The zero-order valence-electron chi connectivity index (χ0n) is 11.2. The Morgan fingerprint density at radius 2 is 2.19 bits per heavy atom. The van der Waals surface area contributed by atoms with Crippen LogP contribution in [0.2, 0.25) is 0 Å². The van der Waals surface area contributed by atoms with Gasteiger partial charge in [0.05, 0.1) is 16.5 Å². The molecule has 0 saturated carbocycles. The first-order valence-corrected chi connectivity index (χ1v) is 7.17. The highest BCUT2D eigenvalue weighted by molar-refractivity contribution is 7.12. The predicted molar refractivity (Wildman–Crippen MR) is 78.1 cm³/mol. The summed E-state index contributed by atoms with van der Waals surface area (Å²) in [5, 5.41) is 11.9. The fourth-order valence-electron chi connectivity index (χ4n) is 2.42. The highest BCUT2D eigenvalue weighted by Gasteiger charge is 2.42. The number of likely N-dealkylation sites (N-methyl/N-ethyl adjacent to an activating group) is 1. The molecule has 3 rings (SSSR count). The Labute approximate surface area is 125 Å². The number of hydrogen-bond acceptors (Lipinski definition) is 5. The van der Waals surface area contributed by atoms with Gasteiger partial charge in [0.1, 0.15) is 0 Å². The summed E-state index contributed by atoms with van der Waals surface area (Å²) >= 11 is 1.28. The highest BCUT2D eigenvalue weighted by Crippen LogP contribution is 2.37. The Balaban J connectivity index is 2.10. The lowest BCUT2D eigenvalue weighted by atomic mass is 9.97. The van der Waals surface area contributed by atoms with Gasteiger partial charge in [-0.2, -0.15) is 0 Å². The van der Waals surface area contributed by atoms with Gasteiger partial charge in [-0.15, -0.1) is 11.3 Å². The molecule has 2 aromatic rings. The summed E-state index contributed by atoms with van der Waals surface area (Å²) in [6.45, 7) is 0.